The van der Waals surface area contributed by atoms with Crippen LogP contribution in [0.25, 0.3) is 27.7 Å². The van der Waals surface area contributed by atoms with Gasteiger partial charge < -0.3 is 9.88 Å². The number of hydrogen-bond acceptors (Lipinski definition) is 5. The smallest absolute Gasteiger partial charge is 0.264 e. The molecule has 4 aromatic rings. The Morgan fingerprint density at radius 2 is 1.97 bits per heavy atom. The molecule has 1 unspecified atom stereocenters. The van der Waals surface area contributed by atoms with Crippen molar-refractivity contribution in [1.29, 1.82) is 0 Å². The van der Waals surface area contributed by atoms with Crippen LogP contribution >= 0.6 is 11.3 Å². The van der Waals surface area contributed by atoms with Crippen LogP contribution in [-0.4, -0.2) is 48.5 Å². The Hall–Kier alpha value is -3.23. The Morgan fingerprint density at radius 1 is 1.18 bits per heavy atom. The van der Waals surface area contributed by atoms with E-state index >= 15 is 0 Å². The molecule has 0 radical (unpaired) electrons. The van der Waals surface area contributed by atoms with Crippen molar-refractivity contribution in [3.05, 3.63) is 76.8 Å². The van der Waals surface area contributed by atoms with Gasteiger partial charge in [0.15, 0.2) is 9.84 Å². The maximum Gasteiger partial charge on any atom is 0.264 e. The number of H-pyrrole nitrogens is 1. The first-order valence-electron chi connectivity index (χ1n) is 10.6. The molecule has 33 heavy (non-hydrogen) atoms. The zero-order valence-electron chi connectivity index (χ0n) is 18.3. The standard InChI is InChI=1S/C25H23N3O3S2/c1-16-15-28(25(29)23-4-3-11-32-23)10-9-20(16)22-14-27-24-21(22)12-18(13-26-24)17-5-7-19(8-6-17)33(2,30)31/h3-9,11-14,16H,10,15H2,1-2H3,(H,26,27). The molecule has 0 aliphatic carbocycles. The van der Waals surface area contributed by atoms with E-state index in [0.29, 0.717) is 18.0 Å². The SMILES string of the molecule is CC1CN(C(=O)c2cccs2)CC=C1c1c[nH]c2ncc(-c3ccc(S(C)(=O)=O)cc3)cc12. The molecular formula is C25H23N3O3S2. The number of pyridine rings is 1. The van der Waals surface area contributed by atoms with Gasteiger partial charge in [-0.05, 0) is 46.7 Å². The Morgan fingerprint density at radius 3 is 2.64 bits per heavy atom. The summed E-state index contributed by atoms with van der Waals surface area (Å²) in [6, 6.07) is 12.7. The third-order valence-electron chi connectivity index (χ3n) is 6.03. The molecule has 6 nitrogen and oxygen atoms in total. The molecule has 0 bridgehead atoms. The average Bonchev–Trinajstić information content (AvgIpc) is 3.48. The zero-order chi connectivity index (χ0) is 23.2. The largest absolute Gasteiger partial charge is 0.346 e. The predicted molar refractivity (Wildman–Crippen MR) is 132 cm³/mol. The molecule has 0 fully saturated rings. The molecule has 0 saturated heterocycles. The van der Waals surface area contributed by atoms with E-state index in [9.17, 15) is 13.2 Å². The van der Waals surface area contributed by atoms with Crippen LogP contribution in [0.15, 0.2) is 71.2 Å². The number of sulfone groups is 1. The molecule has 1 atom stereocenters. The first-order chi connectivity index (χ1) is 15.8. The summed E-state index contributed by atoms with van der Waals surface area (Å²) in [5, 5.41) is 2.93. The van der Waals surface area contributed by atoms with Gasteiger partial charge in [0.1, 0.15) is 5.65 Å². The molecule has 4 heterocycles. The van der Waals surface area contributed by atoms with Gasteiger partial charge in [-0.25, -0.2) is 13.4 Å². The molecular weight excluding hydrogens is 454 g/mol. The van der Waals surface area contributed by atoms with Crippen LogP contribution < -0.4 is 0 Å². The van der Waals surface area contributed by atoms with Crippen LogP contribution in [-0.2, 0) is 9.84 Å². The molecule has 1 amide bonds. The van der Waals surface area contributed by atoms with Gasteiger partial charge in [0.25, 0.3) is 5.91 Å². The van der Waals surface area contributed by atoms with Gasteiger partial charge in [-0.1, -0.05) is 31.2 Å². The van der Waals surface area contributed by atoms with E-state index in [2.05, 4.69) is 29.0 Å². The molecule has 8 heteroatoms. The Balaban J connectivity index is 1.46. The second-order valence-corrected chi connectivity index (χ2v) is 11.3. The van der Waals surface area contributed by atoms with E-state index in [1.165, 1.54) is 23.2 Å². The van der Waals surface area contributed by atoms with Crippen molar-refractivity contribution in [3.8, 4) is 11.1 Å². The number of carbonyl (C=O) groups excluding carboxylic acids is 1. The fourth-order valence-electron chi connectivity index (χ4n) is 4.31. The third-order valence-corrected chi connectivity index (χ3v) is 8.02. The molecule has 1 aliphatic heterocycles. The summed E-state index contributed by atoms with van der Waals surface area (Å²) in [6.07, 6.45) is 7.11. The minimum atomic E-state index is -3.24. The lowest BCUT2D eigenvalue weighted by molar-refractivity contribution is 0.0761. The normalized spacial score (nSPS) is 16.7. The molecule has 3 aromatic heterocycles. The Labute approximate surface area is 196 Å². The molecule has 1 N–H and O–H groups in total. The number of aromatic nitrogens is 2. The minimum absolute atomic E-state index is 0.0765. The highest BCUT2D eigenvalue weighted by atomic mass is 32.2. The van der Waals surface area contributed by atoms with Crippen LogP contribution in [0.1, 0.15) is 22.2 Å². The maximum atomic E-state index is 12.8. The Bertz CT molecular complexity index is 1470. The van der Waals surface area contributed by atoms with Crippen LogP contribution in [0, 0.1) is 5.92 Å². The first kappa shape index (κ1) is 21.6. The van der Waals surface area contributed by atoms with Crippen LogP contribution in [0.2, 0.25) is 0 Å². The van der Waals surface area contributed by atoms with Crippen LogP contribution in [0.3, 0.4) is 0 Å². The first-order valence-corrected chi connectivity index (χ1v) is 13.4. The van der Waals surface area contributed by atoms with Crippen molar-refractivity contribution in [2.24, 2.45) is 5.92 Å². The lowest BCUT2D eigenvalue weighted by atomic mass is 9.90. The summed E-state index contributed by atoms with van der Waals surface area (Å²) >= 11 is 1.47. The summed E-state index contributed by atoms with van der Waals surface area (Å²) < 4.78 is 23.5. The topological polar surface area (TPSA) is 83.1 Å². The van der Waals surface area contributed by atoms with E-state index in [1.807, 2.05) is 40.7 Å². The number of benzene rings is 1. The van der Waals surface area contributed by atoms with Crippen molar-refractivity contribution in [2.75, 3.05) is 19.3 Å². The van der Waals surface area contributed by atoms with Crippen molar-refractivity contribution in [1.82, 2.24) is 14.9 Å². The number of carbonyl (C=O) groups is 1. The van der Waals surface area contributed by atoms with E-state index in [0.717, 1.165) is 32.6 Å². The van der Waals surface area contributed by atoms with Crippen LogP contribution in [0.5, 0.6) is 0 Å². The summed E-state index contributed by atoms with van der Waals surface area (Å²) in [5.41, 5.74) is 4.90. The minimum Gasteiger partial charge on any atom is -0.346 e. The number of aromatic amines is 1. The van der Waals surface area contributed by atoms with E-state index < -0.39 is 9.84 Å². The summed E-state index contributed by atoms with van der Waals surface area (Å²) in [4.78, 5) is 23.5. The number of nitrogens with one attached hydrogen (secondary N) is 1. The monoisotopic (exact) mass is 477 g/mol. The van der Waals surface area contributed by atoms with Crippen molar-refractivity contribution in [3.63, 3.8) is 0 Å². The van der Waals surface area contributed by atoms with Crippen molar-refractivity contribution >= 4 is 43.7 Å². The number of amides is 1. The quantitative estimate of drug-likeness (QED) is 0.455. The molecule has 1 aromatic carbocycles. The van der Waals surface area contributed by atoms with Gasteiger partial charge in [-0.2, -0.15) is 0 Å². The maximum absolute atomic E-state index is 12.8. The highest BCUT2D eigenvalue weighted by Crippen LogP contribution is 2.34. The average molecular weight is 478 g/mol. The van der Waals surface area contributed by atoms with Gasteiger partial charge >= 0.3 is 0 Å². The number of nitrogens with zero attached hydrogens (tertiary/aromatic N) is 2. The van der Waals surface area contributed by atoms with E-state index in [1.54, 1.807) is 18.3 Å². The summed E-state index contributed by atoms with van der Waals surface area (Å²) in [5.74, 6) is 0.256. The fourth-order valence-corrected chi connectivity index (χ4v) is 5.63. The third kappa shape index (κ3) is 4.12. The van der Waals surface area contributed by atoms with Crippen molar-refractivity contribution < 1.29 is 13.2 Å². The highest BCUT2D eigenvalue weighted by Gasteiger charge is 2.26. The Kier molecular flexibility index (Phi) is 5.42. The second kappa shape index (κ2) is 8.28. The van der Waals surface area contributed by atoms with Crippen molar-refractivity contribution in [2.45, 2.75) is 11.8 Å². The molecule has 0 saturated carbocycles. The number of hydrogen-bond donors (Lipinski definition) is 1. The predicted octanol–water partition coefficient (Wildman–Crippen LogP) is 4.87. The van der Waals surface area contributed by atoms with Gasteiger partial charge in [-0.15, -0.1) is 11.3 Å². The van der Waals surface area contributed by atoms with E-state index in [-0.39, 0.29) is 11.8 Å². The summed E-state index contributed by atoms with van der Waals surface area (Å²) in [7, 11) is -3.24. The highest BCUT2D eigenvalue weighted by molar-refractivity contribution is 7.90. The molecule has 5 rings (SSSR count). The number of thiophene rings is 1. The molecule has 0 spiro atoms. The van der Waals surface area contributed by atoms with Gasteiger partial charge in [0.05, 0.1) is 9.77 Å². The van der Waals surface area contributed by atoms with Gasteiger partial charge in [0, 0.05) is 48.3 Å². The van der Waals surface area contributed by atoms with Crippen LogP contribution in [0.4, 0.5) is 0 Å². The molecule has 168 valence electrons. The lowest BCUT2D eigenvalue weighted by Gasteiger charge is -2.31. The fraction of sp³-hybridized carbons (Fsp3) is 0.200. The van der Waals surface area contributed by atoms with Gasteiger partial charge in [0.2, 0.25) is 0 Å². The number of fused-ring (bicyclic) bond motifs is 1. The second-order valence-electron chi connectivity index (χ2n) is 8.37. The summed E-state index contributed by atoms with van der Waals surface area (Å²) in [6.45, 7) is 3.37. The number of rotatable bonds is 4. The zero-order valence-corrected chi connectivity index (χ0v) is 19.9. The molecule has 1 aliphatic rings. The van der Waals surface area contributed by atoms with E-state index in [4.69, 9.17) is 0 Å². The van der Waals surface area contributed by atoms with Gasteiger partial charge in [-0.3, -0.25) is 4.79 Å². The lowest BCUT2D eigenvalue weighted by Crippen LogP contribution is -2.37.